The summed E-state index contributed by atoms with van der Waals surface area (Å²) in [6.45, 7) is 6.44. The normalized spacial score (nSPS) is 26.7. The molecular formula is C12H21N5O2S. The van der Waals surface area contributed by atoms with E-state index in [9.17, 15) is 8.76 Å². The van der Waals surface area contributed by atoms with Crippen molar-refractivity contribution in [2.75, 3.05) is 13.1 Å². The summed E-state index contributed by atoms with van der Waals surface area (Å²) in [7, 11) is -3.24. The van der Waals surface area contributed by atoms with Gasteiger partial charge in [-0.2, -0.15) is 0 Å². The monoisotopic (exact) mass is 299 g/mol. The van der Waals surface area contributed by atoms with Gasteiger partial charge in [0.05, 0.1) is 6.54 Å². The highest BCUT2D eigenvalue weighted by Crippen LogP contribution is 2.37. The molecule has 1 aromatic heterocycles. The molecule has 2 aliphatic heterocycles. The van der Waals surface area contributed by atoms with Crippen LogP contribution in [0.5, 0.6) is 0 Å². The van der Waals surface area contributed by atoms with Crippen LogP contribution >= 0.6 is 0 Å². The Morgan fingerprint density at radius 3 is 2.95 bits per heavy atom. The topological polar surface area (TPSA) is 86.1 Å². The van der Waals surface area contributed by atoms with Crippen LogP contribution in [0.25, 0.3) is 0 Å². The molecule has 0 radical (unpaired) electrons. The molecule has 112 valence electrons. The summed E-state index contributed by atoms with van der Waals surface area (Å²) in [6.07, 6.45) is 1.72. The lowest BCUT2D eigenvalue weighted by Gasteiger charge is -2.31. The zero-order valence-corrected chi connectivity index (χ0v) is 12.7. The van der Waals surface area contributed by atoms with E-state index < -0.39 is 15.6 Å². The minimum absolute atomic E-state index is 0.151. The number of aromatic nitrogens is 3. The molecule has 1 N–H and O–H groups in total. The zero-order valence-electron chi connectivity index (χ0n) is 11.9. The predicted octanol–water partition coefficient (Wildman–Crippen LogP) is 0.472. The summed E-state index contributed by atoms with van der Waals surface area (Å²) in [5, 5.41) is 11.3. The van der Waals surface area contributed by atoms with E-state index in [0.717, 1.165) is 37.6 Å². The number of hydrogen-bond donors (Lipinski definition) is 1. The van der Waals surface area contributed by atoms with Crippen molar-refractivity contribution in [3.05, 3.63) is 11.6 Å². The summed E-state index contributed by atoms with van der Waals surface area (Å²) >= 11 is 0. The first-order valence-electron chi connectivity index (χ1n) is 7.15. The molecule has 0 spiro atoms. The average molecular weight is 299 g/mol. The van der Waals surface area contributed by atoms with E-state index in [4.69, 9.17) is 0 Å². The van der Waals surface area contributed by atoms with E-state index in [2.05, 4.69) is 20.1 Å². The molecule has 20 heavy (non-hydrogen) atoms. The number of fused-ring (bicyclic) bond motifs is 1. The SMILES string of the molecule is CC(C)[S+](=O)([O-])N1CCCC1c1nnc2n1CCNC2. The van der Waals surface area contributed by atoms with Crippen molar-refractivity contribution in [1.29, 1.82) is 0 Å². The quantitative estimate of drug-likeness (QED) is 0.820. The van der Waals surface area contributed by atoms with E-state index in [1.807, 2.05) is 0 Å². The van der Waals surface area contributed by atoms with Gasteiger partial charge in [-0.1, -0.05) is 4.21 Å². The molecule has 0 aliphatic carbocycles. The Morgan fingerprint density at radius 2 is 2.20 bits per heavy atom. The third kappa shape index (κ3) is 2.20. The summed E-state index contributed by atoms with van der Waals surface area (Å²) < 4.78 is 28.6. The molecule has 0 aromatic carbocycles. The first-order valence-corrected chi connectivity index (χ1v) is 8.65. The first kappa shape index (κ1) is 14.1. The van der Waals surface area contributed by atoms with Crippen molar-refractivity contribution >= 4 is 10.4 Å². The van der Waals surface area contributed by atoms with Crippen LogP contribution in [0.15, 0.2) is 0 Å². The van der Waals surface area contributed by atoms with Crippen LogP contribution in [-0.4, -0.2) is 42.0 Å². The van der Waals surface area contributed by atoms with Gasteiger partial charge < -0.3 is 14.4 Å². The van der Waals surface area contributed by atoms with Gasteiger partial charge in [-0.15, -0.1) is 14.5 Å². The standard InChI is InChI=1S/C12H21N5O2S/c1-9(2)20(18,19)17-6-3-4-10(17)12-15-14-11-8-13-5-7-16(11)12/h9-10,13H,3-8H2,1-2H3. The fraction of sp³-hybridized carbons (Fsp3) is 0.833. The van der Waals surface area contributed by atoms with E-state index in [1.54, 1.807) is 18.2 Å². The van der Waals surface area contributed by atoms with Gasteiger partial charge in [-0.05, 0) is 26.7 Å². The molecule has 0 amide bonds. The second-order valence-electron chi connectivity index (χ2n) is 5.67. The molecule has 2 atom stereocenters. The van der Waals surface area contributed by atoms with Crippen molar-refractivity contribution in [1.82, 2.24) is 24.4 Å². The highest BCUT2D eigenvalue weighted by Gasteiger charge is 2.43. The molecule has 0 bridgehead atoms. The fourth-order valence-corrected chi connectivity index (χ4v) is 4.41. The summed E-state index contributed by atoms with van der Waals surface area (Å²) in [5.41, 5.74) is 0. The van der Waals surface area contributed by atoms with Gasteiger partial charge >= 0.3 is 0 Å². The Hall–Kier alpha value is -0.830. The van der Waals surface area contributed by atoms with Gasteiger partial charge in [0, 0.05) is 19.6 Å². The maximum Gasteiger partial charge on any atom is 0.155 e. The van der Waals surface area contributed by atoms with Gasteiger partial charge in [0.15, 0.2) is 5.82 Å². The molecule has 0 saturated carbocycles. The Morgan fingerprint density at radius 1 is 1.40 bits per heavy atom. The molecule has 8 heteroatoms. The lowest BCUT2D eigenvalue weighted by atomic mass is 10.2. The Balaban J connectivity index is 1.93. The van der Waals surface area contributed by atoms with Gasteiger partial charge in [-0.3, -0.25) is 0 Å². The van der Waals surface area contributed by atoms with Crippen LogP contribution in [0.4, 0.5) is 0 Å². The zero-order chi connectivity index (χ0) is 14.3. The molecule has 2 aliphatic rings. The number of hydrogen-bond acceptors (Lipinski definition) is 5. The van der Waals surface area contributed by atoms with E-state index in [0.29, 0.717) is 13.1 Å². The molecule has 1 fully saturated rings. The van der Waals surface area contributed by atoms with Gasteiger partial charge in [-0.25, -0.2) is 0 Å². The molecule has 1 aromatic rings. The van der Waals surface area contributed by atoms with Crippen molar-refractivity contribution < 1.29 is 8.76 Å². The van der Waals surface area contributed by atoms with Gasteiger partial charge in [0.2, 0.25) is 0 Å². The number of rotatable bonds is 3. The lowest BCUT2D eigenvalue weighted by molar-refractivity contribution is 0.320. The van der Waals surface area contributed by atoms with Crippen molar-refractivity contribution in [3.8, 4) is 0 Å². The third-order valence-corrected chi connectivity index (χ3v) is 6.36. The van der Waals surface area contributed by atoms with Crippen molar-refractivity contribution in [2.45, 2.75) is 51.1 Å². The third-order valence-electron chi connectivity index (χ3n) is 4.08. The van der Waals surface area contributed by atoms with Crippen molar-refractivity contribution in [3.63, 3.8) is 0 Å². The summed E-state index contributed by atoms with van der Waals surface area (Å²) in [6, 6.07) is -0.151. The number of nitrogens with zero attached hydrogens (tertiary/aromatic N) is 4. The minimum Gasteiger partial charge on any atom is -0.597 e. The second kappa shape index (κ2) is 5.18. The Bertz CT molecular complexity index is 544. The maximum atomic E-state index is 12.5. The highest BCUT2D eigenvalue weighted by atomic mass is 32.3. The van der Waals surface area contributed by atoms with Gasteiger partial charge in [0.25, 0.3) is 0 Å². The second-order valence-corrected chi connectivity index (χ2v) is 8.11. The molecular weight excluding hydrogens is 278 g/mol. The maximum absolute atomic E-state index is 12.5. The molecule has 3 heterocycles. The van der Waals surface area contributed by atoms with Gasteiger partial charge in [0.1, 0.15) is 27.5 Å². The smallest absolute Gasteiger partial charge is 0.155 e. The Labute approximate surface area is 120 Å². The summed E-state index contributed by atoms with van der Waals surface area (Å²) in [5.74, 6) is 1.71. The average Bonchev–Trinajstić information content (AvgIpc) is 3.04. The van der Waals surface area contributed by atoms with Crippen LogP contribution in [0.1, 0.15) is 44.4 Å². The number of nitrogens with one attached hydrogen (secondary N) is 1. The number of sulfonamides is 1. The fourth-order valence-electron chi connectivity index (χ4n) is 2.93. The molecule has 1 saturated heterocycles. The lowest BCUT2D eigenvalue weighted by Crippen LogP contribution is -2.42. The predicted molar refractivity (Wildman–Crippen MR) is 74.4 cm³/mol. The molecule has 7 nitrogen and oxygen atoms in total. The van der Waals surface area contributed by atoms with Crippen LogP contribution < -0.4 is 5.32 Å². The van der Waals surface area contributed by atoms with Crippen LogP contribution in [0, 0.1) is 0 Å². The van der Waals surface area contributed by atoms with Crippen LogP contribution in [-0.2, 0) is 27.7 Å². The Kier molecular flexibility index (Phi) is 3.65. The van der Waals surface area contributed by atoms with E-state index in [-0.39, 0.29) is 6.04 Å². The van der Waals surface area contributed by atoms with E-state index in [1.165, 1.54) is 0 Å². The minimum atomic E-state index is -3.24. The molecule has 3 rings (SSSR count). The largest absolute Gasteiger partial charge is 0.597 e. The first-order chi connectivity index (χ1) is 9.51. The highest BCUT2D eigenvalue weighted by molar-refractivity contribution is 7.95. The van der Waals surface area contributed by atoms with Crippen LogP contribution in [0.2, 0.25) is 0 Å². The van der Waals surface area contributed by atoms with Crippen molar-refractivity contribution in [2.24, 2.45) is 0 Å². The molecule has 2 unspecified atom stereocenters. The summed E-state index contributed by atoms with van der Waals surface area (Å²) in [4.78, 5) is 0. The van der Waals surface area contributed by atoms with Crippen LogP contribution in [0.3, 0.4) is 0 Å². The van der Waals surface area contributed by atoms with E-state index >= 15 is 0 Å².